The van der Waals surface area contributed by atoms with E-state index >= 15 is 0 Å². The summed E-state index contributed by atoms with van der Waals surface area (Å²) in [5, 5.41) is 6.07. The van der Waals surface area contributed by atoms with Crippen molar-refractivity contribution in [2.75, 3.05) is 20.6 Å². The lowest BCUT2D eigenvalue weighted by atomic mass is 9.71. The Morgan fingerprint density at radius 2 is 1.88 bits per heavy atom. The van der Waals surface area contributed by atoms with Gasteiger partial charge in [-0.15, -0.1) is 0 Å². The molecule has 128 valence electrons. The van der Waals surface area contributed by atoms with Crippen molar-refractivity contribution >= 4 is 17.1 Å². The number of nitrogens with one attached hydrogen (secondary N) is 2. The maximum atomic E-state index is 11.6. The summed E-state index contributed by atoms with van der Waals surface area (Å²) in [6.45, 7) is 0.734. The molecular weight excluding hydrogens is 302 g/mol. The summed E-state index contributed by atoms with van der Waals surface area (Å²) in [4.78, 5) is 18.9. The topological polar surface area (TPSA) is 62.2 Å². The van der Waals surface area contributed by atoms with Crippen molar-refractivity contribution in [1.29, 1.82) is 0 Å². The number of urea groups is 1. The zero-order valence-electron chi connectivity index (χ0n) is 14.6. The first-order valence-corrected chi connectivity index (χ1v) is 8.61. The molecular formula is C18H25N5O. The SMILES string of the molecule is CN(C)C1(c2nc3ccccc3n2C)CCC2(CC1)CNC(=O)N2. The molecule has 1 aliphatic carbocycles. The molecule has 1 aromatic heterocycles. The number of fused-ring (bicyclic) bond motifs is 1. The lowest BCUT2D eigenvalue weighted by molar-refractivity contribution is 0.0554. The second-order valence-corrected chi connectivity index (χ2v) is 7.50. The molecule has 1 spiro atoms. The molecule has 2 N–H and O–H groups in total. The Balaban J connectivity index is 1.72. The van der Waals surface area contributed by atoms with Gasteiger partial charge in [0, 0.05) is 13.6 Å². The molecule has 4 rings (SSSR count). The van der Waals surface area contributed by atoms with Crippen LogP contribution >= 0.6 is 0 Å². The average Bonchev–Trinajstić information content (AvgIpc) is 3.10. The highest BCUT2D eigenvalue weighted by atomic mass is 16.2. The van der Waals surface area contributed by atoms with Crippen LogP contribution in [0.15, 0.2) is 24.3 Å². The van der Waals surface area contributed by atoms with Gasteiger partial charge in [-0.3, -0.25) is 4.90 Å². The number of carbonyl (C=O) groups excluding carboxylic acids is 1. The van der Waals surface area contributed by atoms with Crippen LogP contribution in [0.25, 0.3) is 11.0 Å². The van der Waals surface area contributed by atoms with Crippen molar-refractivity contribution < 1.29 is 4.79 Å². The first-order valence-electron chi connectivity index (χ1n) is 8.61. The molecule has 2 aliphatic rings. The van der Waals surface area contributed by atoms with Crippen LogP contribution < -0.4 is 10.6 Å². The summed E-state index contributed by atoms with van der Waals surface area (Å²) in [7, 11) is 6.39. The van der Waals surface area contributed by atoms with Gasteiger partial charge in [-0.05, 0) is 51.9 Å². The molecule has 2 heterocycles. The average molecular weight is 327 g/mol. The molecule has 2 fully saturated rings. The zero-order valence-corrected chi connectivity index (χ0v) is 14.6. The molecule has 6 heteroatoms. The van der Waals surface area contributed by atoms with Crippen LogP contribution in [0.3, 0.4) is 0 Å². The first-order chi connectivity index (χ1) is 11.5. The highest BCUT2D eigenvalue weighted by Gasteiger charge is 2.49. The van der Waals surface area contributed by atoms with Crippen LogP contribution in [0.5, 0.6) is 0 Å². The summed E-state index contributed by atoms with van der Waals surface area (Å²) in [5.41, 5.74) is 2.05. The molecule has 24 heavy (non-hydrogen) atoms. The maximum Gasteiger partial charge on any atom is 0.315 e. The Morgan fingerprint density at radius 1 is 1.17 bits per heavy atom. The molecule has 0 atom stereocenters. The third-order valence-corrected chi connectivity index (χ3v) is 6.06. The van der Waals surface area contributed by atoms with Gasteiger partial charge >= 0.3 is 6.03 Å². The van der Waals surface area contributed by atoms with Gasteiger partial charge in [0.2, 0.25) is 0 Å². The van der Waals surface area contributed by atoms with Gasteiger partial charge in [-0.1, -0.05) is 12.1 Å². The van der Waals surface area contributed by atoms with Gasteiger partial charge in [0.25, 0.3) is 0 Å². The minimum atomic E-state index is -0.0909. The minimum Gasteiger partial charge on any atom is -0.336 e. The number of amides is 2. The molecule has 0 radical (unpaired) electrons. The quantitative estimate of drug-likeness (QED) is 0.886. The van der Waals surface area contributed by atoms with Crippen molar-refractivity contribution in [2.45, 2.75) is 36.8 Å². The standard InChI is InChI=1S/C18H25N5O/c1-22(2)18(10-8-17(9-11-18)12-19-16(24)21-17)15-20-13-6-4-5-7-14(13)23(15)3/h4-7H,8-12H2,1-3H3,(H2,19,21,24). The Hall–Kier alpha value is -2.08. The van der Waals surface area contributed by atoms with Gasteiger partial charge in [0.15, 0.2) is 0 Å². The summed E-state index contributed by atoms with van der Waals surface area (Å²) < 4.78 is 2.23. The number of rotatable bonds is 2. The fourth-order valence-corrected chi connectivity index (χ4v) is 4.46. The summed E-state index contributed by atoms with van der Waals surface area (Å²) >= 11 is 0. The Bertz CT molecular complexity index is 786. The van der Waals surface area contributed by atoms with Crippen LogP contribution in [0.1, 0.15) is 31.5 Å². The highest BCUT2D eigenvalue weighted by molar-refractivity contribution is 5.78. The van der Waals surface area contributed by atoms with E-state index < -0.39 is 0 Å². The molecule has 2 aromatic rings. The Morgan fingerprint density at radius 3 is 2.46 bits per heavy atom. The minimum absolute atomic E-state index is 0.0323. The van der Waals surface area contributed by atoms with E-state index in [0.717, 1.165) is 43.6 Å². The Kier molecular flexibility index (Phi) is 3.35. The second-order valence-electron chi connectivity index (χ2n) is 7.50. The van der Waals surface area contributed by atoms with Crippen molar-refractivity contribution in [3.05, 3.63) is 30.1 Å². The van der Waals surface area contributed by atoms with E-state index in [0.29, 0.717) is 0 Å². The molecule has 6 nitrogen and oxygen atoms in total. The zero-order chi connectivity index (χ0) is 16.9. The predicted molar refractivity (Wildman–Crippen MR) is 93.8 cm³/mol. The van der Waals surface area contributed by atoms with Crippen LogP contribution in [-0.2, 0) is 12.6 Å². The maximum absolute atomic E-state index is 11.6. The largest absolute Gasteiger partial charge is 0.336 e. The molecule has 1 aromatic carbocycles. The van der Waals surface area contributed by atoms with Crippen LogP contribution in [0.2, 0.25) is 0 Å². The van der Waals surface area contributed by atoms with Gasteiger partial charge < -0.3 is 15.2 Å². The smallest absolute Gasteiger partial charge is 0.315 e. The van der Waals surface area contributed by atoms with E-state index in [2.05, 4.69) is 59.4 Å². The molecule has 1 saturated heterocycles. The molecule has 0 unspecified atom stereocenters. The first kappa shape index (κ1) is 15.4. The van der Waals surface area contributed by atoms with Crippen molar-refractivity contribution in [1.82, 2.24) is 25.1 Å². The normalized spacial score (nSPS) is 30.1. The molecule has 1 aliphatic heterocycles. The predicted octanol–water partition coefficient (Wildman–Crippen LogP) is 1.96. The van der Waals surface area contributed by atoms with Gasteiger partial charge in [0.05, 0.1) is 22.1 Å². The van der Waals surface area contributed by atoms with Crippen molar-refractivity contribution in [2.24, 2.45) is 7.05 Å². The van der Waals surface area contributed by atoms with Crippen molar-refractivity contribution in [3.8, 4) is 0 Å². The lowest BCUT2D eigenvalue weighted by Gasteiger charge is -2.47. The third-order valence-electron chi connectivity index (χ3n) is 6.06. The van der Waals surface area contributed by atoms with E-state index in [4.69, 9.17) is 4.98 Å². The number of aryl methyl sites for hydroxylation is 1. The van der Waals surface area contributed by atoms with E-state index in [9.17, 15) is 4.79 Å². The van der Waals surface area contributed by atoms with Crippen LogP contribution in [-0.4, -0.2) is 46.7 Å². The third kappa shape index (κ3) is 2.13. The Labute approximate surface area is 142 Å². The van der Waals surface area contributed by atoms with Crippen LogP contribution in [0, 0.1) is 0 Å². The van der Waals surface area contributed by atoms with E-state index in [-0.39, 0.29) is 17.1 Å². The van der Waals surface area contributed by atoms with E-state index in [1.165, 1.54) is 5.52 Å². The van der Waals surface area contributed by atoms with Gasteiger partial charge in [0.1, 0.15) is 5.82 Å². The summed E-state index contributed by atoms with van der Waals surface area (Å²) in [6.07, 6.45) is 3.90. The van der Waals surface area contributed by atoms with Gasteiger partial charge in [-0.2, -0.15) is 0 Å². The number of aromatic nitrogens is 2. The number of carbonyl (C=O) groups is 1. The number of benzene rings is 1. The molecule has 0 bridgehead atoms. The number of imidazole rings is 1. The molecule has 2 amide bonds. The van der Waals surface area contributed by atoms with E-state index in [1.54, 1.807) is 0 Å². The fourth-order valence-electron chi connectivity index (χ4n) is 4.46. The summed E-state index contributed by atoms with van der Waals surface area (Å²) in [6, 6.07) is 8.27. The number of nitrogens with zero attached hydrogens (tertiary/aromatic N) is 3. The van der Waals surface area contributed by atoms with Crippen LogP contribution in [0.4, 0.5) is 4.79 Å². The fraction of sp³-hybridized carbons (Fsp3) is 0.556. The number of para-hydroxylation sites is 2. The highest BCUT2D eigenvalue weighted by Crippen LogP contribution is 2.45. The van der Waals surface area contributed by atoms with E-state index in [1.807, 2.05) is 6.07 Å². The van der Waals surface area contributed by atoms with Crippen molar-refractivity contribution in [3.63, 3.8) is 0 Å². The lowest BCUT2D eigenvalue weighted by Crippen LogP contribution is -2.54. The van der Waals surface area contributed by atoms with Gasteiger partial charge in [-0.25, -0.2) is 9.78 Å². The number of hydrogen-bond acceptors (Lipinski definition) is 3. The monoisotopic (exact) mass is 327 g/mol. The molecule has 1 saturated carbocycles. The second kappa shape index (κ2) is 5.21. The number of hydrogen-bond donors (Lipinski definition) is 2. The summed E-state index contributed by atoms with van der Waals surface area (Å²) in [5.74, 6) is 1.13.